The number of carbonyl (C=O) groups is 1. The molecule has 0 fully saturated rings. The van der Waals surface area contributed by atoms with Gasteiger partial charge in [0.05, 0.1) is 17.0 Å². The number of nitrogens with zero attached hydrogens (tertiary/aromatic N) is 2. The van der Waals surface area contributed by atoms with Crippen molar-refractivity contribution in [3.05, 3.63) is 70.9 Å². The number of aromatic nitrogens is 2. The Morgan fingerprint density at radius 2 is 1.67 bits per heavy atom. The van der Waals surface area contributed by atoms with E-state index in [4.69, 9.17) is 11.6 Å². The highest BCUT2D eigenvalue weighted by molar-refractivity contribution is 7.99. The zero-order valence-electron chi connectivity index (χ0n) is 13.3. The van der Waals surface area contributed by atoms with Crippen LogP contribution in [0.2, 0.25) is 5.02 Å². The third kappa shape index (κ3) is 3.66. The SMILES string of the molecule is CC(=O)c1c(C)nc(Sc2ccc(Cl)cc2)nc1-c1ccccc1. The van der Waals surface area contributed by atoms with E-state index in [0.29, 0.717) is 27.1 Å². The van der Waals surface area contributed by atoms with Crippen LogP contribution in [0.3, 0.4) is 0 Å². The summed E-state index contributed by atoms with van der Waals surface area (Å²) in [6.45, 7) is 3.39. The van der Waals surface area contributed by atoms with Crippen LogP contribution in [0.1, 0.15) is 23.0 Å². The Hall–Kier alpha value is -2.17. The Kier molecular flexibility index (Phi) is 4.97. The molecule has 0 aliphatic carbocycles. The first-order valence-corrected chi connectivity index (χ1v) is 8.62. The van der Waals surface area contributed by atoms with Crippen LogP contribution in [-0.2, 0) is 0 Å². The second-order valence-electron chi connectivity index (χ2n) is 5.29. The number of hydrogen-bond acceptors (Lipinski definition) is 4. The van der Waals surface area contributed by atoms with Crippen molar-refractivity contribution in [3.63, 3.8) is 0 Å². The van der Waals surface area contributed by atoms with Crippen molar-refractivity contribution in [2.24, 2.45) is 0 Å². The Balaban J connectivity index is 2.07. The van der Waals surface area contributed by atoms with Gasteiger partial charge in [0, 0.05) is 15.5 Å². The number of ketones is 1. The molecule has 1 aromatic heterocycles. The molecule has 0 aliphatic rings. The summed E-state index contributed by atoms with van der Waals surface area (Å²) in [5.74, 6) is -0.0330. The fourth-order valence-corrected chi connectivity index (χ4v) is 3.36. The van der Waals surface area contributed by atoms with E-state index < -0.39 is 0 Å². The zero-order valence-corrected chi connectivity index (χ0v) is 14.9. The quantitative estimate of drug-likeness (QED) is 0.461. The van der Waals surface area contributed by atoms with Gasteiger partial charge in [-0.05, 0) is 49.9 Å². The average Bonchev–Trinajstić information content (AvgIpc) is 2.57. The maximum atomic E-state index is 12.1. The molecule has 24 heavy (non-hydrogen) atoms. The molecule has 0 radical (unpaired) electrons. The second-order valence-corrected chi connectivity index (χ2v) is 6.77. The van der Waals surface area contributed by atoms with Crippen molar-refractivity contribution in [2.45, 2.75) is 23.9 Å². The summed E-state index contributed by atoms with van der Waals surface area (Å²) in [4.78, 5) is 22.2. The molecule has 0 spiro atoms. The first kappa shape index (κ1) is 16.7. The Morgan fingerprint density at radius 3 is 2.29 bits per heavy atom. The molecule has 0 saturated carbocycles. The fraction of sp³-hybridized carbons (Fsp3) is 0.105. The maximum absolute atomic E-state index is 12.1. The number of Topliss-reactive ketones (excluding diaryl/α,β-unsaturated/α-hetero) is 1. The first-order chi connectivity index (χ1) is 11.5. The lowest BCUT2D eigenvalue weighted by Gasteiger charge is -2.11. The predicted molar refractivity (Wildman–Crippen MR) is 97.8 cm³/mol. The van der Waals surface area contributed by atoms with Gasteiger partial charge >= 0.3 is 0 Å². The lowest BCUT2D eigenvalue weighted by Crippen LogP contribution is -2.06. The first-order valence-electron chi connectivity index (χ1n) is 7.43. The average molecular weight is 355 g/mol. The second kappa shape index (κ2) is 7.16. The van der Waals surface area contributed by atoms with E-state index in [-0.39, 0.29) is 5.78 Å². The minimum absolute atomic E-state index is 0.0330. The Bertz CT molecular complexity index is 880. The smallest absolute Gasteiger partial charge is 0.193 e. The van der Waals surface area contributed by atoms with E-state index in [2.05, 4.69) is 9.97 Å². The van der Waals surface area contributed by atoms with Crippen LogP contribution in [0.15, 0.2) is 64.6 Å². The number of aryl methyl sites for hydroxylation is 1. The van der Waals surface area contributed by atoms with E-state index in [0.717, 1.165) is 10.5 Å². The van der Waals surface area contributed by atoms with Crippen molar-refractivity contribution in [3.8, 4) is 11.3 Å². The van der Waals surface area contributed by atoms with Gasteiger partial charge in [-0.3, -0.25) is 4.79 Å². The van der Waals surface area contributed by atoms with Crippen molar-refractivity contribution in [2.75, 3.05) is 0 Å². The molecule has 0 N–H and O–H groups in total. The van der Waals surface area contributed by atoms with Crippen LogP contribution in [0.4, 0.5) is 0 Å². The van der Waals surface area contributed by atoms with Gasteiger partial charge in [0.2, 0.25) is 0 Å². The van der Waals surface area contributed by atoms with Gasteiger partial charge in [0.25, 0.3) is 0 Å². The van der Waals surface area contributed by atoms with Gasteiger partial charge in [-0.25, -0.2) is 9.97 Å². The van der Waals surface area contributed by atoms with Gasteiger partial charge in [-0.15, -0.1) is 0 Å². The number of hydrogen-bond donors (Lipinski definition) is 0. The van der Waals surface area contributed by atoms with Gasteiger partial charge in [-0.2, -0.15) is 0 Å². The monoisotopic (exact) mass is 354 g/mol. The summed E-state index contributed by atoms with van der Waals surface area (Å²) < 4.78 is 0. The van der Waals surface area contributed by atoms with E-state index in [1.807, 2.05) is 61.5 Å². The molecule has 0 atom stereocenters. The highest BCUT2D eigenvalue weighted by atomic mass is 35.5. The van der Waals surface area contributed by atoms with Crippen LogP contribution < -0.4 is 0 Å². The molecule has 5 heteroatoms. The molecular formula is C19H15ClN2OS. The number of rotatable bonds is 4. The number of carbonyl (C=O) groups excluding carboxylic acids is 1. The molecule has 1 heterocycles. The van der Waals surface area contributed by atoms with E-state index in [9.17, 15) is 4.79 Å². The number of halogens is 1. The van der Waals surface area contributed by atoms with Crippen molar-refractivity contribution >= 4 is 29.1 Å². The number of benzene rings is 2. The molecule has 0 bridgehead atoms. The van der Waals surface area contributed by atoms with Crippen molar-refractivity contribution in [1.29, 1.82) is 0 Å². The van der Waals surface area contributed by atoms with Crippen LogP contribution in [0, 0.1) is 6.92 Å². The summed E-state index contributed by atoms with van der Waals surface area (Å²) in [6.07, 6.45) is 0. The third-order valence-corrected chi connectivity index (χ3v) is 4.62. The lowest BCUT2D eigenvalue weighted by molar-refractivity contribution is 0.101. The molecule has 2 aromatic carbocycles. The van der Waals surface area contributed by atoms with Gasteiger partial charge < -0.3 is 0 Å². The van der Waals surface area contributed by atoms with Crippen molar-refractivity contribution < 1.29 is 4.79 Å². The maximum Gasteiger partial charge on any atom is 0.193 e. The van der Waals surface area contributed by atoms with E-state index in [1.54, 1.807) is 6.92 Å². The Labute approximate surface area is 150 Å². The fourth-order valence-electron chi connectivity index (χ4n) is 2.43. The largest absolute Gasteiger partial charge is 0.294 e. The minimum atomic E-state index is -0.0330. The third-order valence-electron chi connectivity index (χ3n) is 3.49. The molecule has 3 rings (SSSR count). The normalized spacial score (nSPS) is 10.6. The molecule has 0 saturated heterocycles. The molecule has 0 amide bonds. The van der Waals surface area contributed by atoms with Crippen LogP contribution in [0.25, 0.3) is 11.3 Å². The predicted octanol–water partition coefficient (Wildman–Crippen LogP) is 5.46. The van der Waals surface area contributed by atoms with E-state index >= 15 is 0 Å². The van der Waals surface area contributed by atoms with Gasteiger partial charge in [-0.1, -0.05) is 41.9 Å². The topological polar surface area (TPSA) is 42.9 Å². The summed E-state index contributed by atoms with van der Waals surface area (Å²) >= 11 is 7.37. The zero-order chi connectivity index (χ0) is 17.1. The highest BCUT2D eigenvalue weighted by Gasteiger charge is 2.17. The molecular weight excluding hydrogens is 340 g/mol. The molecule has 3 aromatic rings. The highest BCUT2D eigenvalue weighted by Crippen LogP contribution is 2.30. The van der Waals surface area contributed by atoms with E-state index in [1.165, 1.54) is 11.8 Å². The summed E-state index contributed by atoms with van der Waals surface area (Å²) in [7, 11) is 0. The van der Waals surface area contributed by atoms with Crippen LogP contribution in [0.5, 0.6) is 0 Å². The van der Waals surface area contributed by atoms with Crippen LogP contribution >= 0.6 is 23.4 Å². The minimum Gasteiger partial charge on any atom is -0.294 e. The van der Waals surface area contributed by atoms with Gasteiger partial charge in [0.1, 0.15) is 0 Å². The lowest BCUT2D eigenvalue weighted by atomic mass is 10.0. The summed E-state index contributed by atoms with van der Waals surface area (Å²) in [5.41, 5.74) is 2.84. The summed E-state index contributed by atoms with van der Waals surface area (Å²) in [6, 6.07) is 17.2. The standard InChI is InChI=1S/C19H15ClN2OS/c1-12-17(13(2)23)18(14-6-4-3-5-7-14)22-19(21-12)24-16-10-8-15(20)9-11-16/h3-11H,1-2H3. The van der Waals surface area contributed by atoms with Crippen molar-refractivity contribution in [1.82, 2.24) is 9.97 Å². The molecule has 0 unspecified atom stereocenters. The van der Waals surface area contributed by atoms with Crippen LogP contribution in [-0.4, -0.2) is 15.8 Å². The molecule has 0 aliphatic heterocycles. The molecule has 3 nitrogen and oxygen atoms in total. The Morgan fingerprint density at radius 1 is 1.00 bits per heavy atom. The summed E-state index contributed by atoms with van der Waals surface area (Å²) in [5, 5.41) is 1.30. The van der Waals surface area contributed by atoms with Gasteiger partial charge in [0.15, 0.2) is 10.9 Å². The molecule has 120 valence electrons.